The largest absolute Gasteiger partial charge is 0.454 e. The summed E-state index contributed by atoms with van der Waals surface area (Å²) < 4.78 is 18.8. The Bertz CT molecular complexity index is 1230. The Morgan fingerprint density at radius 3 is 2.87 bits per heavy atom. The van der Waals surface area contributed by atoms with Crippen molar-refractivity contribution in [3.8, 4) is 23.0 Å². The molecule has 0 saturated carbocycles. The van der Waals surface area contributed by atoms with Crippen molar-refractivity contribution in [2.75, 3.05) is 19.9 Å². The van der Waals surface area contributed by atoms with Crippen LogP contribution in [0.3, 0.4) is 0 Å². The van der Waals surface area contributed by atoms with Crippen LogP contribution < -0.4 is 15.0 Å². The van der Waals surface area contributed by atoms with E-state index in [2.05, 4.69) is 11.0 Å². The van der Waals surface area contributed by atoms with Crippen molar-refractivity contribution in [1.29, 1.82) is 0 Å². The van der Waals surface area contributed by atoms with Gasteiger partial charge < -0.3 is 18.5 Å². The molecule has 1 saturated heterocycles. The molecule has 3 aliphatic rings. The van der Waals surface area contributed by atoms with Crippen LogP contribution in [0.25, 0.3) is 11.5 Å². The van der Waals surface area contributed by atoms with Crippen molar-refractivity contribution < 1.29 is 13.9 Å². The van der Waals surface area contributed by atoms with Gasteiger partial charge in [-0.1, -0.05) is 17.7 Å². The van der Waals surface area contributed by atoms with E-state index in [0.717, 1.165) is 43.2 Å². The number of benzene rings is 1. The number of hydrogen-bond donors (Lipinski definition) is 0. The number of aryl methyl sites for hydroxylation is 1. The van der Waals surface area contributed by atoms with E-state index in [9.17, 15) is 4.79 Å². The van der Waals surface area contributed by atoms with Gasteiger partial charge in [0.05, 0.1) is 16.3 Å². The molecule has 8 heteroatoms. The number of piperidine rings is 1. The van der Waals surface area contributed by atoms with E-state index in [4.69, 9.17) is 30.5 Å². The molecular weight excluding hydrogens is 418 g/mol. The Balaban J connectivity index is 1.25. The maximum Gasteiger partial charge on any atom is 0.250 e. The monoisotopic (exact) mass is 439 g/mol. The van der Waals surface area contributed by atoms with Crippen LogP contribution in [0.1, 0.15) is 29.5 Å². The second kappa shape index (κ2) is 7.14. The molecule has 2 aromatic heterocycles. The van der Waals surface area contributed by atoms with Crippen molar-refractivity contribution in [3.05, 3.63) is 62.9 Å². The molecule has 3 aromatic rings. The summed E-state index contributed by atoms with van der Waals surface area (Å²) in [5.41, 5.74) is 2.87. The van der Waals surface area contributed by atoms with Crippen molar-refractivity contribution in [1.82, 2.24) is 14.5 Å². The van der Waals surface area contributed by atoms with Crippen LogP contribution in [0.4, 0.5) is 0 Å². The summed E-state index contributed by atoms with van der Waals surface area (Å²) in [7, 11) is 0. The van der Waals surface area contributed by atoms with Crippen molar-refractivity contribution in [3.63, 3.8) is 0 Å². The van der Waals surface area contributed by atoms with E-state index in [0.29, 0.717) is 46.4 Å². The lowest BCUT2D eigenvalue weighted by Gasteiger charge is -2.42. The standard InChI is InChI=1S/C23H22ClN3O4/c1-13-18(25-23(31-13)16-6-20-21(7-17(16)24)30-12-29-20)11-26-8-14-5-15(10-26)19-3-2-4-22(28)27(19)9-14/h2-4,6-7,14-15H,5,8-12H2,1H3/t14-,15-/m0/s1. The first kappa shape index (κ1) is 19.0. The van der Waals surface area contributed by atoms with E-state index >= 15 is 0 Å². The molecule has 0 amide bonds. The molecule has 7 nitrogen and oxygen atoms in total. The number of oxazole rings is 1. The van der Waals surface area contributed by atoms with Crippen LogP contribution in [-0.4, -0.2) is 34.3 Å². The van der Waals surface area contributed by atoms with E-state index in [1.54, 1.807) is 12.1 Å². The average molecular weight is 440 g/mol. The van der Waals surface area contributed by atoms with E-state index in [1.807, 2.05) is 23.6 Å². The molecular formula is C23H22ClN3O4. The summed E-state index contributed by atoms with van der Waals surface area (Å²) in [6, 6.07) is 9.18. The molecule has 2 atom stereocenters. The quantitative estimate of drug-likeness (QED) is 0.618. The van der Waals surface area contributed by atoms with Gasteiger partial charge in [-0.2, -0.15) is 0 Å². The molecule has 0 unspecified atom stereocenters. The van der Waals surface area contributed by atoms with Crippen LogP contribution in [-0.2, 0) is 13.1 Å². The van der Waals surface area contributed by atoms with Gasteiger partial charge in [0.25, 0.3) is 5.56 Å². The van der Waals surface area contributed by atoms with E-state index in [1.165, 1.54) is 0 Å². The second-order valence-electron chi connectivity index (χ2n) is 8.60. The van der Waals surface area contributed by atoms with Gasteiger partial charge in [-0.3, -0.25) is 9.69 Å². The minimum Gasteiger partial charge on any atom is -0.454 e. The second-order valence-corrected chi connectivity index (χ2v) is 9.01. The maximum absolute atomic E-state index is 12.2. The highest BCUT2D eigenvalue weighted by Gasteiger charge is 2.35. The summed E-state index contributed by atoms with van der Waals surface area (Å²) in [5.74, 6) is 3.41. The predicted molar refractivity (Wildman–Crippen MR) is 115 cm³/mol. The van der Waals surface area contributed by atoms with Gasteiger partial charge in [0.1, 0.15) is 5.76 Å². The van der Waals surface area contributed by atoms with Gasteiger partial charge in [0.15, 0.2) is 11.5 Å². The highest BCUT2D eigenvalue weighted by molar-refractivity contribution is 6.33. The summed E-state index contributed by atoms with van der Waals surface area (Å²) in [6.45, 7) is 5.49. The van der Waals surface area contributed by atoms with E-state index < -0.39 is 0 Å². The molecule has 6 rings (SSSR count). The number of ether oxygens (including phenoxy) is 2. The molecule has 0 radical (unpaired) electrons. The summed E-state index contributed by atoms with van der Waals surface area (Å²) in [6.07, 6.45) is 1.13. The smallest absolute Gasteiger partial charge is 0.250 e. The van der Waals surface area contributed by atoms with E-state index in [-0.39, 0.29) is 12.4 Å². The number of halogens is 1. The Morgan fingerprint density at radius 2 is 2.00 bits per heavy atom. The van der Waals surface area contributed by atoms with Gasteiger partial charge >= 0.3 is 0 Å². The zero-order valence-corrected chi connectivity index (χ0v) is 17.9. The third kappa shape index (κ3) is 3.23. The molecule has 3 aliphatic heterocycles. The molecule has 2 bridgehead atoms. The third-order valence-electron chi connectivity index (χ3n) is 6.51. The minimum atomic E-state index is 0.109. The molecule has 0 N–H and O–H groups in total. The fourth-order valence-electron chi connectivity index (χ4n) is 5.11. The highest BCUT2D eigenvalue weighted by Crippen LogP contribution is 2.41. The summed E-state index contributed by atoms with van der Waals surface area (Å²) >= 11 is 6.45. The average Bonchev–Trinajstić information content (AvgIpc) is 3.34. The topological polar surface area (TPSA) is 69.7 Å². The zero-order chi connectivity index (χ0) is 21.1. The lowest BCUT2D eigenvalue weighted by molar-refractivity contribution is 0.113. The lowest BCUT2D eigenvalue weighted by atomic mass is 9.83. The number of fused-ring (bicyclic) bond motifs is 5. The van der Waals surface area contributed by atoms with Gasteiger partial charge in [-0.15, -0.1) is 0 Å². The molecule has 1 aromatic carbocycles. The fourth-order valence-corrected chi connectivity index (χ4v) is 5.34. The maximum atomic E-state index is 12.2. The number of likely N-dealkylation sites (tertiary alicyclic amines) is 1. The van der Waals surface area contributed by atoms with Crippen molar-refractivity contribution in [2.24, 2.45) is 5.92 Å². The first-order valence-corrected chi connectivity index (χ1v) is 10.9. The Morgan fingerprint density at radius 1 is 1.16 bits per heavy atom. The molecule has 160 valence electrons. The molecule has 0 spiro atoms. The van der Waals surface area contributed by atoms with Crippen LogP contribution in [0.2, 0.25) is 5.02 Å². The molecule has 0 aliphatic carbocycles. The Kier molecular flexibility index (Phi) is 4.36. The Hall–Kier alpha value is -2.77. The van der Waals surface area contributed by atoms with Crippen LogP contribution in [0, 0.1) is 12.8 Å². The van der Waals surface area contributed by atoms with Gasteiger partial charge in [-0.05, 0) is 31.4 Å². The molecule has 1 fully saturated rings. The summed E-state index contributed by atoms with van der Waals surface area (Å²) in [5, 5.41) is 0.520. The van der Waals surface area contributed by atoms with Crippen molar-refractivity contribution >= 4 is 11.6 Å². The summed E-state index contributed by atoms with van der Waals surface area (Å²) in [4.78, 5) is 19.4. The van der Waals surface area contributed by atoms with Gasteiger partial charge in [-0.25, -0.2) is 4.98 Å². The van der Waals surface area contributed by atoms with Crippen LogP contribution >= 0.6 is 11.6 Å². The third-order valence-corrected chi connectivity index (χ3v) is 6.83. The van der Waals surface area contributed by atoms with Crippen molar-refractivity contribution in [2.45, 2.75) is 32.4 Å². The molecule has 31 heavy (non-hydrogen) atoms. The number of rotatable bonds is 3. The van der Waals surface area contributed by atoms with Crippen LogP contribution in [0.15, 0.2) is 39.5 Å². The first-order valence-electron chi connectivity index (χ1n) is 10.5. The van der Waals surface area contributed by atoms with Gasteiger partial charge in [0, 0.05) is 49.9 Å². The lowest BCUT2D eigenvalue weighted by Crippen LogP contribution is -2.46. The molecule has 5 heterocycles. The Labute approximate surface area is 184 Å². The van der Waals surface area contributed by atoms with Gasteiger partial charge in [0.2, 0.25) is 12.7 Å². The zero-order valence-electron chi connectivity index (χ0n) is 17.1. The number of hydrogen-bond acceptors (Lipinski definition) is 6. The fraction of sp³-hybridized carbons (Fsp3) is 0.391. The number of pyridine rings is 1. The number of nitrogens with zero attached hydrogens (tertiary/aromatic N) is 3. The first-order chi connectivity index (χ1) is 15.0. The highest BCUT2D eigenvalue weighted by atomic mass is 35.5. The minimum absolute atomic E-state index is 0.109. The normalized spacial score (nSPS) is 21.9. The number of aromatic nitrogens is 2. The SMILES string of the molecule is Cc1oc(-c2cc3c(cc2Cl)OCO3)nc1CN1C[C@@H]2C[C@@H](C1)c1cccc(=O)n1C2. The van der Waals surface area contributed by atoms with Crippen LogP contribution in [0.5, 0.6) is 11.5 Å². The predicted octanol–water partition coefficient (Wildman–Crippen LogP) is 3.81.